The number of carbonyl (C=O) groups is 2. The molecule has 62 heavy (non-hydrogen) atoms. The van der Waals surface area contributed by atoms with E-state index in [-0.39, 0.29) is 55.4 Å². The van der Waals surface area contributed by atoms with Gasteiger partial charge in [-0.05, 0) is 98.3 Å². The molecule has 0 fully saturated rings. The molecule has 18 nitrogen and oxygen atoms in total. The number of rotatable bonds is 18. The molecule has 0 bridgehead atoms. The van der Waals surface area contributed by atoms with Crippen LogP contribution in [0.4, 0.5) is 11.5 Å². The Balaban J connectivity index is 1.57. The van der Waals surface area contributed by atoms with Gasteiger partial charge in [0.25, 0.3) is 32.1 Å². The first kappa shape index (κ1) is 47.9. The summed E-state index contributed by atoms with van der Waals surface area (Å²) in [6, 6.07) is 12.5. The van der Waals surface area contributed by atoms with Crippen LogP contribution in [0, 0.1) is 0 Å². The van der Waals surface area contributed by atoms with Gasteiger partial charge in [-0.1, -0.05) is 30.4 Å². The molecular formula is C41H50N6O12S3. The van der Waals surface area contributed by atoms with Gasteiger partial charge in [0, 0.05) is 49.4 Å². The number of aromatic nitrogens is 1. The third-order valence-corrected chi connectivity index (χ3v) is 13.3. The number of carbonyl (C=O) groups excluding carboxylic acids is 2. The molecule has 1 atom stereocenters. The predicted octanol–water partition coefficient (Wildman–Crippen LogP) is 2.94. The molecule has 2 aliphatic rings. The second kappa shape index (κ2) is 18.7. The zero-order valence-electron chi connectivity index (χ0n) is 34.8. The van der Waals surface area contributed by atoms with Crippen molar-refractivity contribution in [3.8, 4) is 0 Å². The van der Waals surface area contributed by atoms with Gasteiger partial charge in [0.15, 0.2) is 5.71 Å². The number of fused-ring (bicyclic) bond motifs is 2. The number of hydrogen-bond donors (Lipinski definition) is 4. The van der Waals surface area contributed by atoms with E-state index in [4.69, 9.17) is 15.6 Å². The summed E-state index contributed by atoms with van der Waals surface area (Å²) in [6.07, 6.45) is 10.2. The van der Waals surface area contributed by atoms with Crippen molar-refractivity contribution in [2.24, 2.45) is 10.7 Å². The number of allylic oxidation sites excluding steroid dienone is 6. The predicted molar refractivity (Wildman–Crippen MR) is 230 cm³/mol. The fourth-order valence-corrected chi connectivity index (χ4v) is 8.97. The Bertz CT molecular complexity index is 2700. The zero-order valence-corrected chi connectivity index (χ0v) is 37.3. The Morgan fingerprint density at radius 2 is 1.65 bits per heavy atom. The fourth-order valence-electron chi connectivity index (χ4n) is 7.48. The van der Waals surface area contributed by atoms with E-state index in [1.54, 1.807) is 65.3 Å². The van der Waals surface area contributed by atoms with Crippen LogP contribution < -0.4 is 20.5 Å². The van der Waals surface area contributed by atoms with Gasteiger partial charge in [-0.25, -0.2) is 18.0 Å². The summed E-state index contributed by atoms with van der Waals surface area (Å²) >= 11 is 0. The number of hydroxylamine groups is 2. The van der Waals surface area contributed by atoms with Crippen molar-refractivity contribution in [1.29, 1.82) is 0 Å². The van der Waals surface area contributed by atoms with E-state index in [1.165, 1.54) is 38.6 Å². The van der Waals surface area contributed by atoms with Crippen LogP contribution in [0.3, 0.4) is 0 Å². The molecule has 334 valence electrons. The van der Waals surface area contributed by atoms with Crippen LogP contribution in [-0.2, 0) is 52.6 Å². The molecule has 3 aromatic rings. The van der Waals surface area contributed by atoms with Crippen LogP contribution in [0.25, 0.3) is 0 Å². The van der Waals surface area contributed by atoms with E-state index < -0.39 is 58.6 Å². The van der Waals surface area contributed by atoms with Gasteiger partial charge in [0.05, 0.1) is 56.4 Å². The van der Waals surface area contributed by atoms with E-state index in [2.05, 4.69) is 5.32 Å². The maximum Gasteiger partial charge on any atom is 0.327 e. The number of amides is 2. The summed E-state index contributed by atoms with van der Waals surface area (Å²) in [5, 5.41) is 3.76. The van der Waals surface area contributed by atoms with Crippen LogP contribution in [0.2, 0.25) is 0 Å². The van der Waals surface area contributed by atoms with E-state index >= 15 is 0 Å². The molecule has 0 aliphatic carbocycles. The maximum atomic E-state index is 13.2. The molecule has 5 N–H and O–H groups in total. The molecule has 2 aliphatic heterocycles. The van der Waals surface area contributed by atoms with Gasteiger partial charge in [0.2, 0.25) is 0 Å². The fraction of sp³-hybridized carbons (Fsp3) is 0.366. The molecule has 21 heteroatoms. The molecule has 2 aromatic carbocycles. The largest absolute Gasteiger partial charge is 0.748 e. The number of hydrogen-bond acceptors (Lipinski definition) is 13. The van der Waals surface area contributed by atoms with Crippen LogP contribution in [-0.4, -0.2) is 107 Å². The molecule has 0 radical (unpaired) electrons. The number of aryl methyl sites for hydroxylation is 1. The number of benzene rings is 2. The van der Waals surface area contributed by atoms with Crippen molar-refractivity contribution in [2.75, 3.05) is 50.2 Å². The molecule has 0 saturated heterocycles. The highest BCUT2D eigenvalue weighted by Gasteiger charge is 2.46. The molecule has 1 aromatic heterocycles. The Kier molecular flexibility index (Phi) is 14.4. The molecule has 0 saturated carbocycles. The van der Waals surface area contributed by atoms with Gasteiger partial charge in [0.1, 0.15) is 6.20 Å². The molecule has 1 unspecified atom stereocenters. The van der Waals surface area contributed by atoms with Crippen LogP contribution in [0.1, 0.15) is 71.0 Å². The summed E-state index contributed by atoms with van der Waals surface area (Å²) < 4.78 is 104. The molecule has 0 spiro atoms. The third kappa shape index (κ3) is 10.7. The Labute approximate surface area is 361 Å². The quantitative estimate of drug-likeness (QED) is 0.0619. The number of anilines is 1. The number of nitrogens with zero attached hydrogens (tertiary/aromatic N) is 4. The van der Waals surface area contributed by atoms with Crippen molar-refractivity contribution < 1.29 is 57.9 Å². The second-order valence-corrected chi connectivity index (χ2v) is 19.9. The number of nitrogens with one attached hydrogen (secondary N) is 1. The van der Waals surface area contributed by atoms with E-state index in [0.717, 1.165) is 5.06 Å². The highest BCUT2D eigenvalue weighted by molar-refractivity contribution is 7.86. The van der Waals surface area contributed by atoms with Crippen LogP contribution in [0.15, 0.2) is 101 Å². The molecule has 5 rings (SSSR count). The zero-order chi connectivity index (χ0) is 45.8. The summed E-state index contributed by atoms with van der Waals surface area (Å²) in [5.41, 5.74) is 7.72. The third-order valence-electron chi connectivity index (χ3n) is 10.8. The van der Waals surface area contributed by atoms with Crippen molar-refractivity contribution in [2.45, 2.75) is 55.9 Å². The average Bonchev–Trinajstić information content (AvgIpc) is 3.60. The van der Waals surface area contributed by atoms with Gasteiger partial charge < -0.3 is 20.5 Å². The second-order valence-electron chi connectivity index (χ2n) is 15.4. The molecule has 3 heterocycles. The Hall–Kier alpha value is -5.13. The Morgan fingerprint density at radius 3 is 2.26 bits per heavy atom. The first-order valence-corrected chi connectivity index (χ1v) is 24.0. The summed E-state index contributed by atoms with van der Waals surface area (Å²) in [5.74, 6) is -1.48. The number of nitrogens with two attached hydrogens (primary N) is 1. The monoisotopic (exact) mass is 914 g/mol. The average molecular weight is 915 g/mol. The highest BCUT2D eigenvalue weighted by Crippen LogP contribution is 2.52. The minimum atomic E-state index is -4.65. The smallest absolute Gasteiger partial charge is 0.327 e. The van der Waals surface area contributed by atoms with Gasteiger partial charge in [-0.2, -0.15) is 16.8 Å². The van der Waals surface area contributed by atoms with Gasteiger partial charge in [-0.15, -0.1) is 0 Å². The lowest BCUT2D eigenvalue weighted by atomic mass is 9.75. The summed E-state index contributed by atoms with van der Waals surface area (Å²) in [6.45, 7) is 6.33. The summed E-state index contributed by atoms with van der Waals surface area (Å²) in [4.78, 5) is 37.3. The van der Waals surface area contributed by atoms with Crippen molar-refractivity contribution in [3.63, 3.8) is 0 Å². The summed E-state index contributed by atoms with van der Waals surface area (Å²) in [7, 11) is -10.7. The number of pyridine rings is 1. The van der Waals surface area contributed by atoms with E-state index in [0.29, 0.717) is 45.2 Å². The standard InChI is InChI=1S/C41H50N6O12S3/c1-40(2)33-25-29(39(49)45(4)59-5)27-46(21-9-23-60(50,51)52)37(33)44-35(40)11-7-6-8-12-36-41(3,30-15-13-28(14-16-30)38(48)43-20-19-42)32-26-31(62(56,57)58)17-18-34(32)47(36)22-10-24-61(53,54)55/h6-8,11-18,25-27H,9-10,19-24,42H2,1-5H3,(H3-,43,48,50,51,52,53,54,55,56,57,58). The first-order chi connectivity index (χ1) is 28.9. The van der Waals surface area contributed by atoms with Crippen molar-refractivity contribution >= 4 is 59.4 Å². The van der Waals surface area contributed by atoms with Gasteiger partial charge >= 0.3 is 5.82 Å². The lowest BCUT2D eigenvalue weighted by Gasteiger charge is -2.31. The lowest BCUT2D eigenvalue weighted by Crippen LogP contribution is -2.38. The lowest BCUT2D eigenvalue weighted by molar-refractivity contribution is -0.684. The minimum Gasteiger partial charge on any atom is -0.748 e. The van der Waals surface area contributed by atoms with Gasteiger partial charge in [-0.3, -0.25) is 23.5 Å². The molecule has 2 amide bonds. The van der Waals surface area contributed by atoms with E-state index in [9.17, 15) is 48.5 Å². The topological polar surface area (TPSA) is 270 Å². The normalized spacial score (nSPS) is 18.0. The highest BCUT2D eigenvalue weighted by atomic mass is 32.2. The Morgan fingerprint density at radius 1 is 0.952 bits per heavy atom. The minimum absolute atomic E-state index is 0.00710. The van der Waals surface area contributed by atoms with Crippen molar-refractivity contribution in [1.82, 2.24) is 10.4 Å². The first-order valence-electron chi connectivity index (χ1n) is 19.3. The van der Waals surface area contributed by atoms with Crippen molar-refractivity contribution in [3.05, 3.63) is 119 Å². The maximum absolute atomic E-state index is 13.2. The van der Waals surface area contributed by atoms with E-state index in [1.807, 2.05) is 25.7 Å². The number of aliphatic imine (C=N–C) groups is 1. The molecular weight excluding hydrogens is 865 g/mol. The van der Waals surface area contributed by atoms with Crippen LogP contribution >= 0.6 is 0 Å². The SMILES string of the molecule is CON(C)C(=O)c1cc2c([n+](CCCS(=O)(=O)[O-])c1)N=C(/C=C/C=C/C=C1/N(CCCS(=O)(=O)O)c3ccc(S(=O)(=O)O)cc3C1(C)c1ccc(C(=O)NCCN)cc1)C2(C)C. The van der Waals surface area contributed by atoms with Crippen LogP contribution in [0.5, 0.6) is 0 Å².